The van der Waals surface area contributed by atoms with E-state index in [4.69, 9.17) is 5.73 Å². The van der Waals surface area contributed by atoms with Gasteiger partial charge in [0.1, 0.15) is 24.6 Å². The Morgan fingerprint density at radius 2 is 1.68 bits per heavy atom. The van der Waals surface area contributed by atoms with Gasteiger partial charge in [-0.2, -0.15) is 0 Å². The molecule has 236 valence electrons. The highest BCUT2D eigenvalue weighted by Gasteiger charge is 2.44. The van der Waals surface area contributed by atoms with Gasteiger partial charge >= 0.3 is 6.03 Å². The number of rotatable bonds is 11. The molecular formula is C32H42N5O6S+. The summed E-state index contributed by atoms with van der Waals surface area (Å²) in [7, 11) is -3.71. The molecule has 1 aliphatic rings. The molecule has 1 saturated heterocycles. The third-order valence-electron chi connectivity index (χ3n) is 7.97. The topological polar surface area (TPSA) is 162 Å². The average Bonchev–Trinajstić information content (AvgIpc) is 3.37. The fourth-order valence-electron chi connectivity index (χ4n) is 5.73. The van der Waals surface area contributed by atoms with E-state index in [1.54, 1.807) is 44.2 Å². The van der Waals surface area contributed by atoms with Gasteiger partial charge in [-0.3, -0.25) is 9.69 Å². The summed E-state index contributed by atoms with van der Waals surface area (Å²) in [5, 5.41) is 22.4. The first-order valence-electron chi connectivity index (χ1n) is 14.7. The van der Waals surface area contributed by atoms with Crippen molar-refractivity contribution in [3.63, 3.8) is 0 Å². The number of nitrogens with one attached hydrogen (secondary N) is 2. The summed E-state index contributed by atoms with van der Waals surface area (Å²) in [6.45, 7) is 8.13. The zero-order valence-corrected chi connectivity index (χ0v) is 26.1. The summed E-state index contributed by atoms with van der Waals surface area (Å²) in [6, 6.07) is 16.9. The molecule has 1 aliphatic heterocycles. The van der Waals surface area contributed by atoms with Crippen molar-refractivity contribution in [1.82, 2.24) is 9.62 Å². The molecule has 44 heavy (non-hydrogen) atoms. The lowest BCUT2D eigenvalue weighted by Gasteiger charge is -2.35. The van der Waals surface area contributed by atoms with Crippen LogP contribution in [0.4, 0.5) is 10.5 Å². The minimum absolute atomic E-state index is 0.0563. The van der Waals surface area contributed by atoms with Crippen molar-refractivity contribution in [2.45, 2.75) is 63.2 Å². The SMILES string of the molecule is CC[N+]1(Cc2cccc(O)c2)CC[C@H](N(C(=O)Nc2ccc(S(=O)(=O)NC(C)C)cc2)C(=O)[C@@H](N)Cc2ccc(O)cc2)C1. The number of amides is 3. The molecule has 3 amide bonds. The second-order valence-corrected chi connectivity index (χ2v) is 13.5. The minimum atomic E-state index is -3.71. The van der Waals surface area contributed by atoms with Gasteiger partial charge in [0.2, 0.25) is 15.9 Å². The van der Waals surface area contributed by atoms with Crippen LogP contribution in [0.5, 0.6) is 11.5 Å². The molecule has 3 atom stereocenters. The van der Waals surface area contributed by atoms with Crippen LogP contribution >= 0.6 is 0 Å². The number of benzene rings is 3. The molecule has 0 spiro atoms. The number of phenolic OH excluding ortho intramolecular Hbond substituents is 2. The molecule has 1 heterocycles. The largest absolute Gasteiger partial charge is 0.508 e. The van der Waals surface area contributed by atoms with Crippen molar-refractivity contribution < 1.29 is 32.7 Å². The van der Waals surface area contributed by atoms with E-state index < -0.39 is 34.0 Å². The Bertz CT molecular complexity index is 1560. The van der Waals surface area contributed by atoms with Gasteiger partial charge in [0.05, 0.1) is 30.1 Å². The molecule has 12 heteroatoms. The second kappa shape index (κ2) is 13.8. The molecule has 1 unspecified atom stereocenters. The van der Waals surface area contributed by atoms with Crippen LogP contribution in [-0.4, -0.2) is 77.7 Å². The Kier molecular flexibility index (Phi) is 10.3. The van der Waals surface area contributed by atoms with Gasteiger partial charge in [0.15, 0.2) is 0 Å². The Hall–Kier alpha value is -3.97. The fourth-order valence-corrected chi connectivity index (χ4v) is 6.98. The van der Waals surface area contributed by atoms with Crippen LogP contribution in [0.25, 0.3) is 0 Å². The van der Waals surface area contributed by atoms with Gasteiger partial charge in [-0.15, -0.1) is 0 Å². The maximum atomic E-state index is 13.9. The lowest BCUT2D eigenvalue weighted by atomic mass is 10.0. The second-order valence-electron chi connectivity index (χ2n) is 11.8. The Morgan fingerprint density at radius 1 is 1.00 bits per heavy atom. The van der Waals surface area contributed by atoms with Crippen LogP contribution < -0.4 is 15.8 Å². The summed E-state index contributed by atoms with van der Waals surface area (Å²) in [4.78, 5) is 29.0. The molecule has 0 radical (unpaired) electrons. The summed E-state index contributed by atoms with van der Waals surface area (Å²) in [6.07, 6.45) is 0.734. The van der Waals surface area contributed by atoms with Crippen molar-refractivity contribution in [2.24, 2.45) is 5.73 Å². The fraction of sp³-hybridized carbons (Fsp3) is 0.375. The molecule has 11 nitrogen and oxygen atoms in total. The lowest BCUT2D eigenvalue weighted by Crippen LogP contribution is -2.56. The van der Waals surface area contributed by atoms with Crippen molar-refractivity contribution in [1.29, 1.82) is 0 Å². The van der Waals surface area contributed by atoms with E-state index in [0.717, 1.165) is 24.2 Å². The van der Waals surface area contributed by atoms with Crippen LogP contribution in [0.3, 0.4) is 0 Å². The van der Waals surface area contributed by atoms with Crippen LogP contribution in [0.15, 0.2) is 77.7 Å². The first-order valence-corrected chi connectivity index (χ1v) is 16.2. The quantitative estimate of drug-likeness (QED) is 0.204. The van der Waals surface area contributed by atoms with Crippen LogP contribution in [0, 0.1) is 0 Å². The smallest absolute Gasteiger partial charge is 0.329 e. The molecule has 0 aromatic heterocycles. The van der Waals surface area contributed by atoms with Crippen LogP contribution in [0.1, 0.15) is 38.3 Å². The number of urea groups is 1. The van der Waals surface area contributed by atoms with E-state index in [0.29, 0.717) is 29.7 Å². The van der Waals surface area contributed by atoms with Crippen molar-refractivity contribution in [2.75, 3.05) is 25.0 Å². The Balaban J connectivity index is 1.57. The highest BCUT2D eigenvalue weighted by atomic mass is 32.2. The zero-order valence-electron chi connectivity index (χ0n) is 25.3. The number of likely N-dealkylation sites (N-methyl/N-ethyl adjacent to an activating group) is 1. The number of phenols is 2. The minimum Gasteiger partial charge on any atom is -0.508 e. The number of aromatic hydroxyl groups is 2. The highest BCUT2D eigenvalue weighted by molar-refractivity contribution is 7.89. The number of carbonyl (C=O) groups is 2. The van der Waals surface area contributed by atoms with Gasteiger partial charge in [0, 0.05) is 23.7 Å². The Morgan fingerprint density at radius 3 is 2.30 bits per heavy atom. The summed E-state index contributed by atoms with van der Waals surface area (Å²) >= 11 is 0. The number of hydrogen-bond donors (Lipinski definition) is 5. The van der Waals surface area contributed by atoms with Crippen molar-refractivity contribution in [3.8, 4) is 11.5 Å². The third-order valence-corrected chi connectivity index (χ3v) is 9.65. The summed E-state index contributed by atoms with van der Waals surface area (Å²) in [5.41, 5.74) is 8.43. The molecule has 1 fully saturated rings. The van der Waals surface area contributed by atoms with E-state index in [9.17, 15) is 28.2 Å². The molecule has 3 aromatic rings. The molecule has 4 rings (SSSR count). The summed E-state index contributed by atoms with van der Waals surface area (Å²) in [5.74, 6) is -0.253. The van der Waals surface area contributed by atoms with Crippen LogP contribution in [0.2, 0.25) is 0 Å². The number of nitrogens with zero attached hydrogens (tertiary/aromatic N) is 2. The Labute approximate surface area is 258 Å². The first kappa shape index (κ1) is 32.9. The number of anilines is 1. The van der Waals surface area contributed by atoms with E-state index in [2.05, 4.69) is 17.0 Å². The number of nitrogens with two attached hydrogens (primary N) is 1. The van der Waals surface area contributed by atoms with E-state index >= 15 is 0 Å². The van der Waals surface area contributed by atoms with E-state index in [-0.39, 0.29) is 28.9 Å². The molecule has 3 aromatic carbocycles. The van der Waals surface area contributed by atoms with Crippen LogP contribution in [-0.2, 0) is 27.8 Å². The van der Waals surface area contributed by atoms with Crippen molar-refractivity contribution in [3.05, 3.63) is 83.9 Å². The maximum absolute atomic E-state index is 13.9. The maximum Gasteiger partial charge on any atom is 0.329 e. The zero-order chi connectivity index (χ0) is 32.1. The number of quaternary nitrogens is 1. The normalized spacial score (nSPS) is 19.1. The van der Waals surface area contributed by atoms with Crippen molar-refractivity contribution >= 4 is 27.6 Å². The molecular weight excluding hydrogens is 582 g/mol. The predicted octanol–water partition coefficient (Wildman–Crippen LogP) is 3.52. The van der Waals surface area contributed by atoms with Gasteiger partial charge in [-0.25, -0.2) is 17.9 Å². The number of likely N-dealkylation sites (tertiary alicyclic amines) is 1. The lowest BCUT2D eigenvalue weighted by molar-refractivity contribution is -0.928. The first-order chi connectivity index (χ1) is 20.8. The molecule has 6 N–H and O–H groups in total. The average molecular weight is 625 g/mol. The summed E-state index contributed by atoms with van der Waals surface area (Å²) < 4.78 is 28.2. The van der Waals surface area contributed by atoms with Gasteiger partial charge in [-0.05, 0) is 81.3 Å². The van der Waals surface area contributed by atoms with Gasteiger partial charge in [-0.1, -0.05) is 24.3 Å². The standard InChI is InChI=1S/C32H41N5O6S/c1-4-37(20-24-6-5-7-28(39)18-24)17-16-26(21-37)36(31(40)30(33)19-23-8-12-27(38)13-9-23)32(41)34-25-10-14-29(15-11-25)44(42,43)35-22(2)3/h5-15,18,22,26,30,35H,4,16-17,19-21,33H2,1-3H3,(H2-,34,38,39,41)/p+1/t26-,30-,37?/m0/s1. The predicted molar refractivity (Wildman–Crippen MR) is 168 cm³/mol. The monoisotopic (exact) mass is 624 g/mol. The van der Waals surface area contributed by atoms with Gasteiger partial charge < -0.3 is 25.7 Å². The molecule has 0 bridgehead atoms. The van der Waals surface area contributed by atoms with Gasteiger partial charge in [0.25, 0.3) is 0 Å². The molecule has 0 aliphatic carbocycles. The number of carbonyl (C=O) groups excluding carboxylic acids is 2. The number of sulfonamides is 1. The van der Waals surface area contributed by atoms with E-state index in [1.165, 1.54) is 41.3 Å². The number of imide groups is 1. The third kappa shape index (κ3) is 8.14. The highest BCUT2D eigenvalue weighted by Crippen LogP contribution is 2.29. The number of hydrogen-bond acceptors (Lipinski definition) is 7. The molecule has 0 saturated carbocycles. The van der Waals surface area contributed by atoms with E-state index in [1.807, 2.05) is 6.07 Å².